The van der Waals surface area contributed by atoms with Crippen LogP contribution in [-0.4, -0.2) is 34.3 Å². The van der Waals surface area contributed by atoms with Gasteiger partial charge in [-0.1, -0.05) is 55.5 Å². The molecule has 2 N–H and O–H groups in total. The number of para-hydroxylation sites is 1. The maximum atomic E-state index is 13.1. The van der Waals surface area contributed by atoms with Crippen LogP contribution in [0.1, 0.15) is 18.9 Å². The number of hydrogen-bond acceptors (Lipinski definition) is 4. The molecule has 1 atom stereocenters. The molecule has 1 aliphatic rings. The first kappa shape index (κ1) is 18.6. The second-order valence-electron chi connectivity index (χ2n) is 6.91. The van der Waals surface area contributed by atoms with Crippen LogP contribution in [0.5, 0.6) is 0 Å². The molecule has 146 valence electrons. The number of imide groups is 1. The normalized spacial score (nSPS) is 18.7. The van der Waals surface area contributed by atoms with E-state index in [2.05, 4.69) is 15.6 Å². The highest BCUT2D eigenvalue weighted by molar-refractivity contribution is 6.10. The Kier molecular flexibility index (Phi) is 4.72. The van der Waals surface area contributed by atoms with E-state index in [1.807, 2.05) is 49.4 Å². The third-order valence-corrected chi connectivity index (χ3v) is 5.15. The molecular weight excluding hydrogens is 368 g/mol. The summed E-state index contributed by atoms with van der Waals surface area (Å²) in [6, 6.07) is 17.8. The van der Waals surface area contributed by atoms with Crippen LogP contribution in [0.15, 0.2) is 66.9 Å². The van der Waals surface area contributed by atoms with Gasteiger partial charge < -0.3 is 10.6 Å². The summed E-state index contributed by atoms with van der Waals surface area (Å²) < 4.78 is 0. The van der Waals surface area contributed by atoms with Gasteiger partial charge in [0, 0.05) is 5.39 Å². The van der Waals surface area contributed by atoms with Gasteiger partial charge in [-0.3, -0.25) is 19.5 Å². The van der Waals surface area contributed by atoms with Crippen LogP contribution in [0.3, 0.4) is 0 Å². The van der Waals surface area contributed by atoms with Crippen LogP contribution >= 0.6 is 0 Å². The van der Waals surface area contributed by atoms with E-state index < -0.39 is 23.4 Å². The van der Waals surface area contributed by atoms with Gasteiger partial charge in [-0.05, 0) is 24.1 Å². The molecule has 4 amide bonds. The number of nitrogens with one attached hydrogen (secondary N) is 2. The molecular formula is C22H20N4O3. The Balaban J connectivity index is 1.51. The van der Waals surface area contributed by atoms with Crippen molar-refractivity contribution >= 4 is 34.4 Å². The number of rotatable bonds is 5. The molecule has 0 aliphatic carbocycles. The van der Waals surface area contributed by atoms with Gasteiger partial charge in [-0.25, -0.2) is 4.79 Å². The van der Waals surface area contributed by atoms with Crippen molar-refractivity contribution in [3.05, 3.63) is 72.4 Å². The first-order chi connectivity index (χ1) is 14.0. The number of benzene rings is 2. The fraction of sp³-hybridized carbons (Fsp3) is 0.182. The maximum absolute atomic E-state index is 13.1. The lowest BCUT2D eigenvalue weighted by Gasteiger charge is -2.25. The van der Waals surface area contributed by atoms with E-state index in [-0.39, 0.29) is 6.54 Å². The first-order valence-electron chi connectivity index (χ1n) is 9.38. The van der Waals surface area contributed by atoms with Crippen molar-refractivity contribution < 1.29 is 14.4 Å². The average Bonchev–Trinajstić information content (AvgIpc) is 2.99. The highest BCUT2D eigenvalue weighted by atomic mass is 16.2. The summed E-state index contributed by atoms with van der Waals surface area (Å²) in [4.78, 5) is 43.4. The number of nitrogens with zero attached hydrogens (tertiary/aromatic N) is 2. The molecule has 0 bridgehead atoms. The van der Waals surface area contributed by atoms with Crippen LogP contribution in [0.2, 0.25) is 0 Å². The number of hydrogen-bond donors (Lipinski definition) is 2. The lowest BCUT2D eigenvalue weighted by molar-refractivity contribution is -0.134. The van der Waals surface area contributed by atoms with Crippen molar-refractivity contribution in [3.63, 3.8) is 0 Å². The van der Waals surface area contributed by atoms with Gasteiger partial charge in [0.25, 0.3) is 5.91 Å². The Morgan fingerprint density at radius 1 is 1.10 bits per heavy atom. The number of anilines is 1. The number of fused-ring (bicyclic) bond motifs is 1. The van der Waals surface area contributed by atoms with Gasteiger partial charge in [-0.15, -0.1) is 0 Å². The topological polar surface area (TPSA) is 91.4 Å². The third kappa shape index (κ3) is 3.31. The summed E-state index contributed by atoms with van der Waals surface area (Å²) in [5.74, 6) is -0.895. The molecule has 29 heavy (non-hydrogen) atoms. The minimum absolute atomic E-state index is 0.369. The molecule has 1 unspecified atom stereocenters. The summed E-state index contributed by atoms with van der Waals surface area (Å²) in [5.41, 5.74) is 0.867. The summed E-state index contributed by atoms with van der Waals surface area (Å²) in [5, 5.41) is 6.37. The standard InChI is InChI=1S/C22H20N4O3/c1-2-22(16-9-4-3-5-10-16)20(28)26(21(29)25-22)14-19(27)24-17-12-15-8-6-7-11-18(15)23-13-17/h3-13H,2,14H2,1H3,(H,24,27)(H,25,29). The highest BCUT2D eigenvalue weighted by Gasteiger charge is 2.51. The number of urea groups is 1. The Labute approximate surface area is 167 Å². The molecule has 1 aromatic heterocycles. The van der Waals surface area contributed by atoms with Crippen LogP contribution in [0.25, 0.3) is 10.9 Å². The molecule has 1 fully saturated rings. The Hall–Kier alpha value is -3.74. The molecule has 2 heterocycles. The van der Waals surface area contributed by atoms with E-state index in [0.29, 0.717) is 17.7 Å². The predicted octanol–water partition coefficient (Wildman–Crippen LogP) is 3.03. The number of carbonyl (C=O) groups is 3. The van der Waals surface area contributed by atoms with Crippen molar-refractivity contribution in [2.24, 2.45) is 0 Å². The molecule has 0 spiro atoms. The summed E-state index contributed by atoms with van der Waals surface area (Å²) in [7, 11) is 0. The fourth-order valence-electron chi connectivity index (χ4n) is 3.62. The minimum atomic E-state index is -1.15. The molecule has 7 heteroatoms. The molecule has 0 radical (unpaired) electrons. The second-order valence-corrected chi connectivity index (χ2v) is 6.91. The zero-order chi connectivity index (χ0) is 20.4. The third-order valence-electron chi connectivity index (χ3n) is 5.15. The smallest absolute Gasteiger partial charge is 0.323 e. The maximum Gasteiger partial charge on any atom is 0.325 e. The van der Waals surface area contributed by atoms with Gasteiger partial charge in [0.15, 0.2) is 0 Å². The first-order valence-corrected chi connectivity index (χ1v) is 9.38. The summed E-state index contributed by atoms with van der Waals surface area (Å²) in [6.07, 6.45) is 1.93. The van der Waals surface area contributed by atoms with Gasteiger partial charge in [0.2, 0.25) is 5.91 Å². The molecule has 1 saturated heterocycles. The second kappa shape index (κ2) is 7.35. The van der Waals surface area contributed by atoms with Crippen molar-refractivity contribution in [2.45, 2.75) is 18.9 Å². The molecule has 7 nitrogen and oxygen atoms in total. The quantitative estimate of drug-likeness (QED) is 0.657. The zero-order valence-corrected chi connectivity index (χ0v) is 15.9. The van der Waals surface area contributed by atoms with E-state index in [1.165, 1.54) is 0 Å². The molecule has 2 aromatic carbocycles. The molecule has 3 aromatic rings. The highest BCUT2D eigenvalue weighted by Crippen LogP contribution is 2.32. The SMILES string of the molecule is CCC1(c2ccccc2)NC(=O)N(CC(=O)Nc2cnc3ccccc3c2)C1=O. The van der Waals surface area contributed by atoms with Gasteiger partial charge in [0.05, 0.1) is 17.4 Å². The van der Waals surface area contributed by atoms with Crippen molar-refractivity contribution in [1.82, 2.24) is 15.2 Å². The predicted molar refractivity (Wildman–Crippen MR) is 109 cm³/mol. The largest absolute Gasteiger partial charge is 0.325 e. The zero-order valence-electron chi connectivity index (χ0n) is 15.9. The lowest BCUT2D eigenvalue weighted by atomic mass is 9.87. The van der Waals surface area contributed by atoms with E-state index in [4.69, 9.17) is 0 Å². The van der Waals surface area contributed by atoms with Crippen molar-refractivity contribution in [3.8, 4) is 0 Å². The van der Waals surface area contributed by atoms with Gasteiger partial charge in [-0.2, -0.15) is 0 Å². The molecule has 0 saturated carbocycles. The summed E-state index contributed by atoms with van der Waals surface area (Å²) in [6.45, 7) is 1.46. The van der Waals surface area contributed by atoms with Gasteiger partial charge in [0.1, 0.15) is 12.1 Å². The van der Waals surface area contributed by atoms with E-state index >= 15 is 0 Å². The number of aromatic nitrogens is 1. The Morgan fingerprint density at radius 2 is 1.83 bits per heavy atom. The van der Waals surface area contributed by atoms with Crippen molar-refractivity contribution in [2.75, 3.05) is 11.9 Å². The van der Waals surface area contributed by atoms with Crippen LogP contribution in [0.4, 0.5) is 10.5 Å². The number of pyridine rings is 1. The van der Waals surface area contributed by atoms with Crippen LogP contribution in [0, 0.1) is 0 Å². The summed E-state index contributed by atoms with van der Waals surface area (Å²) >= 11 is 0. The number of carbonyl (C=O) groups excluding carboxylic acids is 3. The Bertz CT molecular complexity index is 1100. The van der Waals surface area contributed by atoms with Crippen molar-refractivity contribution in [1.29, 1.82) is 0 Å². The van der Waals surface area contributed by atoms with Gasteiger partial charge >= 0.3 is 6.03 Å². The van der Waals surface area contributed by atoms with Crippen LogP contribution < -0.4 is 10.6 Å². The lowest BCUT2D eigenvalue weighted by Crippen LogP contribution is -2.44. The Morgan fingerprint density at radius 3 is 2.59 bits per heavy atom. The average molecular weight is 388 g/mol. The number of amides is 4. The van der Waals surface area contributed by atoms with E-state index in [0.717, 1.165) is 15.8 Å². The molecule has 4 rings (SSSR count). The van der Waals surface area contributed by atoms with Crippen LogP contribution in [-0.2, 0) is 15.1 Å². The van der Waals surface area contributed by atoms with E-state index in [1.54, 1.807) is 24.4 Å². The minimum Gasteiger partial charge on any atom is -0.323 e. The monoisotopic (exact) mass is 388 g/mol. The fourth-order valence-corrected chi connectivity index (χ4v) is 3.62. The molecule has 1 aliphatic heterocycles. The van der Waals surface area contributed by atoms with E-state index in [9.17, 15) is 14.4 Å².